The van der Waals surface area contributed by atoms with E-state index in [0.29, 0.717) is 10.9 Å². The lowest BCUT2D eigenvalue weighted by molar-refractivity contribution is 0.0995. The highest BCUT2D eigenvalue weighted by Crippen LogP contribution is 2.35. The van der Waals surface area contributed by atoms with Gasteiger partial charge in [0.2, 0.25) is 5.88 Å². The number of benzene rings is 2. The second kappa shape index (κ2) is 5.49. The normalized spacial score (nSPS) is 11.3. The molecule has 3 rings (SSSR count). The number of hydrogen-bond donors (Lipinski definition) is 2. The van der Waals surface area contributed by atoms with E-state index in [2.05, 4.69) is 31.1 Å². The third kappa shape index (κ3) is 2.71. The Balaban J connectivity index is 1.95. The quantitative estimate of drug-likeness (QED) is 0.669. The number of fused-ring (bicyclic) bond motifs is 1. The number of aromatic nitrogens is 1. The van der Waals surface area contributed by atoms with E-state index in [1.807, 2.05) is 24.3 Å². The maximum Gasteiger partial charge on any atom is 0.295 e. The molecule has 6 heteroatoms. The molecule has 5 nitrogen and oxygen atoms in total. The SMILES string of the molecule is O=C(N=Nc1c(O)[nH]c2ccccc12)c1cccc(Br)c1. The zero-order valence-corrected chi connectivity index (χ0v) is 12.3. The van der Waals surface area contributed by atoms with Gasteiger partial charge in [-0.25, -0.2) is 0 Å². The maximum atomic E-state index is 12.0. The molecule has 3 aromatic rings. The molecule has 0 unspecified atom stereocenters. The first-order valence-corrected chi connectivity index (χ1v) is 6.96. The number of hydrogen-bond acceptors (Lipinski definition) is 3. The average Bonchev–Trinajstić information content (AvgIpc) is 2.80. The molecule has 104 valence electrons. The molecule has 0 bridgehead atoms. The van der Waals surface area contributed by atoms with Crippen LogP contribution in [0.25, 0.3) is 10.9 Å². The summed E-state index contributed by atoms with van der Waals surface area (Å²) in [5.74, 6) is -0.581. The summed E-state index contributed by atoms with van der Waals surface area (Å²) in [5.41, 5.74) is 1.42. The minimum Gasteiger partial charge on any atom is -0.493 e. The van der Waals surface area contributed by atoms with Gasteiger partial charge in [-0.2, -0.15) is 0 Å². The molecular formula is C15H10BrN3O2. The lowest BCUT2D eigenvalue weighted by Crippen LogP contribution is -1.92. The first-order valence-electron chi connectivity index (χ1n) is 6.16. The van der Waals surface area contributed by atoms with Crippen LogP contribution in [0.1, 0.15) is 10.4 Å². The number of aromatic amines is 1. The van der Waals surface area contributed by atoms with Crippen LogP contribution in [0.3, 0.4) is 0 Å². The standard InChI is InChI=1S/C15H10BrN3O2/c16-10-5-3-4-9(8-10)14(20)19-18-13-11-6-1-2-7-12(11)17-15(13)21/h1-8,17,21H. The molecule has 2 N–H and O–H groups in total. The number of para-hydroxylation sites is 1. The minimum atomic E-state index is -0.471. The monoisotopic (exact) mass is 343 g/mol. The van der Waals surface area contributed by atoms with Crippen LogP contribution in [0.5, 0.6) is 5.88 Å². The van der Waals surface area contributed by atoms with Gasteiger partial charge in [-0.3, -0.25) is 4.79 Å². The van der Waals surface area contributed by atoms with Crippen LogP contribution < -0.4 is 0 Å². The van der Waals surface area contributed by atoms with Crippen LogP contribution in [-0.2, 0) is 0 Å². The highest BCUT2D eigenvalue weighted by atomic mass is 79.9. The number of carbonyl (C=O) groups is 1. The number of carbonyl (C=O) groups excluding carboxylic acids is 1. The van der Waals surface area contributed by atoms with Crippen molar-refractivity contribution in [1.29, 1.82) is 0 Å². The lowest BCUT2D eigenvalue weighted by Gasteiger charge is -1.95. The fourth-order valence-corrected chi connectivity index (χ4v) is 2.39. The Kier molecular flexibility index (Phi) is 3.53. The molecule has 0 spiro atoms. The van der Waals surface area contributed by atoms with Gasteiger partial charge in [0.05, 0.1) is 5.52 Å². The zero-order chi connectivity index (χ0) is 14.8. The Morgan fingerprint density at radius 1 is 1.14 bits per heavy atom. The number of H-pyrrole nitrogens is 1. The van der Waals surface area contributed by atoms with Crippen LogP contribution in [0.15, 0.2) is 63.2 Å². The van der Waals surface area contributed by atoms with Crippen molar-refractivity contribution in [1.82, 2.24) is 4.98 Å². The predicted molar refractivity (Wildman–Crippen MR) is 83.0 cm³/mol. The number of nitrogens with one attached hydrogen (secondary N) is 1. The molecule has 0 saturated heterocycles. The predicted octanol–water partition coefficient (Wildman–Crippen LogP) is 4.56. The van der Waals surface area contributed by atoms with Crippen molar-refractivity contribution >= 4 is 38.4 Å². The van der Waals surface area contributed by atoms with Gasteiger partial charge in [0.1, 0.15) is 0 Å². The first kappa shape index (κ1) is 13.5. The van der Waals surface area contributed by atoms with Crippen molar-refractivity contribution in [2.75, 3.05) is 0 Å². The van der Waals surface area contributed by atoms with Crippen LogP contribution >= 0.6 is 15.9 Å². The highest BCUT2D eigenvalue weighted by molar-refractivity contribution is 9.10. The number of halogens is 1. The molecular weight excluding hydrogens is 334 g/mol. The zero-order valence-electron chi connectivity index (χ0n) is 10.7. The second-order valence-corrected chi connectivity index (χ2v) is 5.30. The molecule has 0 saturated carbocycles. The Hall–Kier alpha value is -2.47. The number of rotatable bonds is 2. The molecule has 0 aliphatic heterocycles. The van der Waals surface area contributed by atoms with Crippen LogP contribution in [0, 0.1) is 0 Å². The van der Waals surface area contributed by atoms with E-state index in [-0.39, 0.29) is 11.6 Å². The van der Waals surface area contributed by atoms with Gasteiger partial charge in [-0.1, -0.05) is 40.2 Å². The molecule has 0 radical (unpaired) electrons. The molecule has 2 aromatic carbocycles. The Morgan fingerprint density at radius 3 is 2.76 bits per heavy atom. The van der Waals surface area contributed by atoms with Crippen molar-refractivity contribution in [3.05, 3.63) is 58.6 Å². The molecule has 1 amide bonds. The highest BCUT2D eigenvalue weighted by Gasteiger charge is 2.11. The van der Waals surface area contributed by atoms with E-state index >= 15 is 0 Å². The van der Waals surface area contributed by atoms with Gasteiger partial charge in [-0.15, -0.1) is 10.2 Å². The summed E-state index contributed by atoms with van der Waals surface area (Å²) < 4.78 is 0.790. The molecule has 0 aliphatic carbocycles. The third-order valence-electron chi connectivity index (χ3n) is 2.97. The molecule has 0 fully saturated rings. The molecule has 0 atom stereocenters. The minimum absolute atomic E-state index is 0.109. The van der Waals surface area contributed by atoms with E-state index < -0.39 is 5.91 Å². The van der Waals surface area contributed by atoms with Crippen molar-refractivity contribution in [3.63, 3.8) is 0 Å². The number of aromatic hydroxyl groups is 1. The van der Waals surface area contributed by atoms with Gasteiger partial charge in [0.15, 0.2) is 5.69 Å². The molecule has 21 heavy (non-hydrogen) atoms. The largest absolute Gasteiger partial charge is 0.493 e. The van der Waals surface area contributed by atoms with E-state index in [0.717, 1.165) is 9.99 Å². The summed E-state index contributed by atoms with van der Waals surface area (Å²) in [7, 11) is 0. The summed E-state index contributed by atoms with van der Waals surface area (Å²) in [6.07, 6.45) is 0. The van der Waals surface area contributed by atoms with Crippen LogP contribution in [0.2, 0.25) is 0 Å². The topological polar surface area (TPSA) is 77.8 Å². The summed E-state index contributed by atoms with van der Waals surface area (Å²) in [4.78, 5) is 14.7. The van der Waals surface area contributed by atoms with Crippen LogP contribution in [-0.4, -0.2) is 16.0 Å². The Morgan fingerprint density at radius 2 is 1.95 bits per heavy atom. The third-order valence-corrected chi connectivity index (χ3v) is 3.47. The lowest BCUT2D eigenvalue weighted by atomic mass is 10.2. The summed E-state index contributed by atoms with van der Waals surface area (Å²) in [6.45, 7) is 0. The van der Waals surface area contributed by atoms with E-state index in [4.69, 9.17) is 0 Å². The van der Waals surface area contributed by atoms with E-state index in [1.165, 1.54) is 0 Å². The number of nitrogens with zero attached hydrogens (tertiary/aromatic N) is 2. The molecule has 0 aliphatic rings. The first-order chi connectivity index (χ1) is 10.1. The maximum absolute atomic E-state index is 12.0. The van der Waals surface area contributed by atoms with Gasteiger partial charge >= 0.3 is 0 Å². The van der Waals surface area contributed by atoms with Gasteiger partial charge in [0.25, 0.3) is 5.91 Å². The Labute approximate surface area is 128 Å². The van der Waals surface area contributed by atoms with Crippen molar-refractivity contribution in [2.45, 2.75) is 0 Å². The summed E-state index contributed by atoms with van der Waals surface area (Å²) in [5, 5.41) is 18.1. The van der Waals surface area contributed by atoms with Crippen LogP contribution in [0.4, 0.5) is 5.69 Å². The molecule has 1 heterocycles. The smallest absolute Gasteiger partial charge is 0.295 e. The summed E-state index contributed by atoms with van der Waals surface area (Å²) in [6, 6.07) is 14.2. The Bertz CT molecular complexity index is 855. The molecule has 1 aromatic heterocycles. The number of amides is 1. The van der Waals surface area contributed by atoms with Crippen molar-refractivity contribution < 1.29 is 9.90 Å². The van der Waals surface area contributed by atoms with Gasteiger partial charge in [0, 0.05) is 15.4 Å². The fourth-order valence-electron chi connectivity index (χ4n) is 1.99. The number of azo groups is 1. The second-order valence-electron chi connectivity index (χ2n) is 4.38. The fraction of sp³-hybridized carbons (Fsp3) is 0. The van der Waals surface area contributed by atoms with Crippen molar-refractivity contribution in [2.24, 2.45) is 10.2 Å². The van der Waals surface area contributed by atoms with E-state index in [1.54, 1.807) is 24.3 Å². The van der Waals surface area contributed by atoms with Crippen molar-refractivity contribution in [3.8, 4) is 5.88 Å². The van der Waals surface area contributed by atoms with E-state index in [9.17, 15) is 9.90 Å². The summed E-state index contributed by atoms with van der Waals surface area (Å²) >= 11 is 3.29. The average molecular weight is 344 g/mol. The van der Waals surface area contributed by atoms with Gasteiger partial charge < -0.3 is 10.1 Å². The van der Waals surface area contributed by atoms with Gasteiger partial charge in [-0.05, 0) is 24.3 Å².